The molecule has 0 atom stereocenters. The first-order valence-corrected chi connectivity index (χ1v) is 11.0. The van der Waals surface area contributed by atoms with Crippen LogP contribution in [0.3, 0.4) is 0 Å². The molecule has 32 heavy (non-hydrogen) atoms. The summed E-state index contributed by atoms with van der Waals surface area (Å²) in [6, 6.07) is 16.4. The van der Waals surface area contributed by atoms with Crippen molar-refractivity contribution in [2.45, 2.75) is 38.1 Å². The molecular formula is C25H26BNO4S. The van der Waals surface area contributed by atoms with Crippen LogP contribution in [0.1, 0.15) is 39.3 Å². The number of hydrogen-bond donors (Lipinski definition) is 4. The average Bonchev–Trinajstić information content (AvgIpc) is 3.10. The zero-order chi connectivity index (χ0) is 23.0. The minimum absolute atomic E-state index is 0.00354. The molecule has 1 amide bonds. The van der Waals surface area contributed by atoms with Gasteiger partial charge in [0.2, 0.25) is 0 Å². The number of rotatable bonds is 5. The fourth-order valence-electron chi connectivity index (χ4n) is 4.74. The lowest BCUT2D eigenvalue weighted by Crippen LogP contribution is -2.37. The summed E-state index contributed by atoms with van der Waals surface area (Å²) >= 11 is 4.52. The number of carbonyl (C=O) groups excluding carboxylic acids is 1. The van der Waals surface area contributed by atoms with Gasteiger partial charge in [0.15, 0.2) is 0 Å². The second-order valence-electron chi connectivity index (χ2n) is 8.17. The van der Waals surface area contributed by atoms with Gasteiger partial charge in [0.05, 0.1) is 0 Å². The number of thiol groups is 1. The van der Waals surface area contributed by atoms with E-state index in [-0.39, 0.29) is 19.1 Å². The van der Waals surface area contributed by atoms with E-state index in [1.807, 2.05) is 38.1 Å². The Hall–Kier alpha value is -2.74. The summed E-state index contributed by atoms with van der Waals surface area (Å²) in [4.78, 5) is 13.2. The maximum Gasteiger partial charge on any atom is 0.489 e. The molecular weight excluding hydrogens is 421 g/mol. The van der Waals surface area contributed by atoms with Gasteiger partial charge >= 0.3 is 13.2 Å². The Kier molecular flexibility index (Phi) is 6.33. The van der Waals surface area contributed by atoms with E-state index in [9.17, 15) is 14.8 Å². The van der Waals surface area contributed by atoms with Gasteiger partial charge < -0.3 is 20.1 Å². The van der Waals surface area contributed by atoms with Crippen molar-refractivity contribution in [2.24, 2.45) is 0 Å². The van der Waals surface area contributed by atoms with Crippen molar-refractivity contribution in [3.63, 3.8) is 0 Å². The summed E-state index contributed by atoms with van der Waals surface area (Å²) in [6.07, 6.45) is -0.516. The van der Waals surface area contributed by atoms with Crippen LogP contribution in [0, 0.1) is 20.8 Å². The SMILES string of the molecule is Cc1c(S)c(C)c(B(O)O)c(C)c1CNC(=O)OCC1c2ccccc2-c2ccccc21. The normalized spacial score (nSPS) is 12.3. The van der Waals surface area contributed by atoms with E-state index in [1.165, 1.54) is 11.1 Å². The summed E-state index contributed by atoms with van der Waals surface area (Å²) in [5, 5.41) is 22.4. The second kappa shape index (κ2) is 9.02. The summed E-state index contributed by atoms with van der Waals surface area (Å²) in [5.41, 5.74) is 8.25. The highest BCUT2D eigenvalue weighted by atomic mass is 32.1. The second-order valence-corrected chi connectivity index (χ2v) is 8.62. The highest BCUT2D eigenvalue weighted by Crippen LogP contribution is 2.44. The van der Waals surface area contributed by atoms with Gasteiger partial charge in [0.25, 0.3) is 0 Å². The Balaban J connectivity index is 1.48. The number of amides is 1. The minimum atomic E-state index is -1.60. The Bertz CT molecular complexity index is 1150. The van der Waals surface area contributed by atoms with Crippen LogP contribution in [0.15, 0.2) is 53.4 Å². The lowest BCUT2D eigenvalue weighted by Gasteiger charge is -2.20. The van der Waals surface area contributed by atoms with Crippen molar-refractivity contribution in [1.29, 1.82) is 0 Å². The summed E-state index contributed by atoms with van der Waals surface area (Å²) in [6.45, 7) is 5.98. The van der Waals surface area contributed by atoms with E-state index in [0.29, 0.717) is 10.4 Å². The van der Waals surface area contributed by atoms with Crippen LogP contribution in [0.2, 0.25) is 0 Å². The van der Waals surface area contributed by atoms with Crippen LogP contribution >= 0.6 is 12.6 Å². The topological polar surface area (TPSA) is 78.8 Å². The van der Waals surface area contributed by atoms with Crippen LogP contribution < -0.4 is 10.8 Å². The summed E-state index contributed by atoms with van der Waals surface area (Å²) < 4.78 is 5.60. The van der Waals surface area contributed by atoms with Crippen LogP contribution in [-0.4, -0.2) is 29.9 Å². The molecule has 7 heteroatoms. The molecule has 164 valence electrons. The van der Waals surface area contributed by atoms with Crippen molar-refractivity contribution < 1.29 is 19.6 Å². The molecule has 3 N–H and O–H groups in total. The minimum Gasteiger partial charge on any atom is -0.449 e. The van der Waals surface area contributed by atoms with Crippen LogP contribution in [0.25, 0.3) is 11.1 Å². The van der Waals surface area contributed by atoms with Gasteiger partial charge in [-0.25, -0.2) is 4.79 Å². The fraction of sp³-hybridized carbons (Fsp3) is 0.240. The molecule has 1 aliphatic rings. The Morgan fingerprint density at radius 1 is 0.969 bits per heavy atom. The molecule has 3 aromatic rings. The standard InChI is InChI=1S/C25H26BNO4S/c1-14-21(15(2)24(32)16(3)23(14)26(29)30)12-27-25(28)31-13-22-19-10-6-4-8-17(19)18-9-5-7-11-20(18)22/h4-11,22,29-30,32H,12-13H2,1-3H3,(H,27,28). The van der Waals surface area contributed by atoms with Crippen LogP contribution in [0.5, 0.6) is 0 Å². The number of hydrogen-bond acceptors (Lipinski definition) is 5. The quantitative estimate of drug-likeness (QED) is 0.356. The Labute approximate surface area is 194 Å². The molecule has 0 bridgehead atoms. The molecule has 0 aliphatic heterocycles. The maximum atomic E-state index is 12.5. The molecule has 0 spiro atoms. The molecule has 0 saturated carbocycles. The third-order valence-corrected chi connectivity index (χ3v) is 7.11. The van der Waals surface area contributed by atoms with Gasteiger partial charge in [0.1, 0.15) is 6.61 Å². The first-order chi connectivity index (χ1) is 15.3. The van der Waals surface area contributed by atoms with E-state index in [2.05, 4.69) is 42.2 Å². The third kappa shape index (κ3) is 3.92. The Morgan fingerprint density at radius 2 is 1.53 bits per heavy atom. The molecule has 5 nitrogen and oxygen atoms in total. The van der Waals surface area contributed by atoms with Crippen molar-refractivity contribution in [2.75, 3.05) is 6.61 Å². The zero-order valence-electron chi connectivity index (χ0n) is 18.3. The molecule has 0 aromatic heterocycles. The first-order valence-electron chi connectivity index (χ1n) is 10.6. The van der Waals surface area contributed by atoms with E-state index < -0.39 is 13.2 Å². The lowest BCUT2D eigenvalue weighted by atomic mass is 9.72. The number of alkyl carbamates (subject to hydrolysis) is 1. The van der Waals surface area contributed by atoms with Gasteiger partial charge in [-0.05, 0) is 70.7 Å². The number of nitrogens with one attached hydrogen (secondary N) is 1. The molecule has 0 fully saturated rings. The highest BCUT2D eigenvalue weighted by Gasteiger charge is 2.29. The van der Waals surface area contributed by atoms with Crippen molar-refractivity contribution in [3.05, 3.63) is 81.9 Å². The fourth-order valence-corrected chi connectivity index (χ4v) is 4.99. The largest absolute Gasteiger partial charge is 0.489 e. The van der Waals surface area contributed by atoms with Crippen molar-refractivity contribution in [3.8, 4) is 11.1 Å². The van der Waals surface area contributed by atoms with Crippen molar-refractivity contribution >= 4 is 31.3 Å². The predicted molar refractivity (Wildman–Crippen MR) is 130 cm³/mol. The van der Waals surface area contributed by atoms with Crippen molar-refractivity contribution in [1.82, 2.24) is 5.32 Å². The highest BCUT2D eigenvalue weighted by molar-refractivity contribution is 7.80. The van der Waals surface area contributed by atoms with Gasteiger partial charge in [-0.1, -0.05) is 48.5 Å². The number of ether oxygens (including phenoxy) is 1. The average molecular weight is 447 g/mol. The first kappa shape index (κ1) is 22.5. The summed E-state index contributed by atoms with van der Waals surface area (Å²) in [7, 11) is -1.60. The van der Waals surface area contributed by atoms with Crippen LogP contribution in [0.4, 0.5) is 4.79 Å². The number of fused-ring (bicyclic) bond motifs is 3. The van der Waals surface area contributed by atoms with Gasteiger partial charge in [-0.2, -0.15) is 0 Å². The molecule has 3 aromatic carbocycles. The lowest BCUT2D eigenvalue weighted by molar-refractivity contribution is 0.142. The smallest absolute Gasteiger partial charge is 0.449 e. The molecule has 0 unspecified atom stereocenters. The monoisotopic (exact) mass is 447 g/mol. The molecule has 0 radical (unpaired) electrons. The predicted octanol–water partition coefficient (Wildman–Crippen LogP) is 3.62. The zero-order valence-corrected chi connectivity index (χ0v) is 19.2. The number of carbonyl (C=O) groups is 1. The van der Waals surface area contributed by atoms with E-state index in [0.717, 1.165) is 33.4 Å². The molecule has 0 heterocycles. The van der Waals surface area contributed by atoms with Crippen LogP contribution in [-0.2, 0) is 11.3 Å². The Morgan fingerprint density at radius 3 is 2.09 bits per heavy atom. The summed E-state index contributed by atoms with van der Waals surface area (Å²) in [5.74, 6) is -0.00354. The van der Waals surface area contributed by atoms with E-state index in [4.69, 9.17) is 4.74 Å². The third-order valence-electron chi connectivity index (χ3n) is 6.44. The van der Waals surface area contributed by atoms with E-state index >= 15 is 0 Å². The maximum absolute atomic E-state index is 12.5. The molecule has 4 rings (SSSR count). The van der Waals surface area contributed by atoms with Gasteiger partial charge in [-0.15, -0.1) is 12.6 Å². The molecule has 0 saturated heterocycles. The number of benzene rings is 3. The molecule has 1 aliphatic carbocycles. The van der Waals surface area contributed by atoms with Gasteiger partial charge in [-0.3, -0.25) is 0 Å². The van der Waals surface area contributed by atoms with Gasteiger partial charge in [0, 0.05) is 17.4 Å². The van der Waals surface area contributed by atoms with E-state index in [1.54, 1.807) is 6.92 Å².